The molecule has 15 rings (SSSR count). The molecule has 0 saturated heterocycles. The van der Waals surface area contributed by atoms with E-state index >= 15 is 13.2 Å². The monoisotopic (exact) mass is 1160 g/mol. The second-order valence-electron chi connectivity index (χ2n) is 24.3. The number of allylic oxidation sites excluding steroid dienone is 8. The maximum atomic E-state index is 17.5. The summed E-state index contributed by atoms with van der Waals surface area (Å²) in [6, 6.07) is 105. The van der Waals surface area contributed by atoms with Gasteiger partial charge in [0.2, 0.25) is 0 Å². The maximum Gasteiger partial charge on any atom is 0.402 e. The Hall–Kier alpha value is -10.6. The summed E-state index contributed by atoms with van der Waals surface area (Å²) in [5.74, 6) is -0.0631. The number of alkyl halides is 3. The molecule has 0 aromatic heterocycles. The van der Waals surface area contributed by atoms with Crippen LogP contribution in [-0.2, 0) is 5.41 Å². The minimum atomic E-state index is -4.74. The Morgan fingerprint density at radius 1 is 0.278 bits per heavy atom. The fraction of sp³-hybridized carbons (Fsp3) is 0.0805. The quantitative estimate of drug-likeness (QED) is 0.114. The van der Waals surface area contributed by atoms with Crippen LogP contribution < -0.4 is 0 Å². The smallest absolute Gasteiger partial charge is 0.170 e. The van der Waals surface area contributed by atoms with Gasteiger partial charge >= 0.3 is 6.18 Å². The Bertz CT molecular complexity index is 4640. The van der Waals surface area contributed by atoms with Crippen LogP contribution in [0.2, 0.25) is 0 Å². The lowest BCUT2D eigenvalue weighted by Crippen LogP contribution is -2.39. The van der Waals surface area contributed by atoms with Crippen molar-refractivity contribution in [3.63, 3.8) is 0 Å². The first-order valence-corrected chi connectivity index (χ1v) is 31.1. The SMILES string of the molecule is CC1(C(F)(F)F)c2cc(C3=CC(c4ccccc4)CC(c4ccccc4)=C3)c(C3=CC(c4ccccc4)CC(c4ccccc4)=C3)cc2-c2cc(-c3cc(-c4ccccc4)cc(-c4ccccc4)c3)c(-c3cc(-c4ccccc4)cc(-c4ccccc4)c3)cc21. The minimum absolute atomic E-state index is 0.0136. The summed E-state index contributed by atoms with van der Waals surface area (Å²) in [5, 5.41) is 0. The molecule has 3 atom stereocenters. The highest BCUT2D eigenvalue weighted by Crippen LogP contribution is 2.60. The molecule has 432 valence electrons. The lowest BCUT2D eigenvalue weighted by atomic mass is 9.74. The Morgan fingerprint density at radius 2 is 0.544 bits per heavy atom. The highest BCUT2D eigenvalue weighted by molar-refractivity contribution is 6.01. The zero-order valence-corrected chi connectivity index (χ0v) is 49.9. The van der Waals surface area contributed by atoms with Gasteiger partial charge in [-0.25, -0.2) is 0 Å². The average molecular weight is 1170 g/mol. The van der Waals surface area contributed by atoms with Crippen molar-refractivity contribution in [2.24, 2.45) is 0 Å². The van der Waals surface area contributed by atoms with Gasteiger partial charge in [0, 0.05) is 11.8 Å². The van der Waals surface area contributed by atoms with Gasteiger partial charge in [-0.15, -0.1) is 0 Å². The average Bonchev–Trinajstić information content (AvgIpc) is 1.56. The van der Waals surface area contributed by atoms with Crippen molar-refractivity contribution in [2.45, 2.75) is 43.2 Å². The van der Waals surface area contributed by atoms with E-state index in [2.05, 4.69) is 249 Å². The Balaban J connectivity index is 1.05. The van der Waals surface area contributed by atoms with E-state index in [0.717, 1.165) is 119 Å². The molecule has 0 fully saturated rings. The van der Waals surface area contributed by atoms with Gasteiger partial charge in [-0.3, -0.25) is 0 Å². The Morgan fingerprint density at radius 3 is 0.878 bits per heavy atom. The van der Waals surface area contributed by atoms with Crippen molar-refractivity contribution < 1.29 is 13.2 Å². The topological polar surface area (TPSA) is 0 Å². The standard InChI is InChI=1S/C87H63F3/c1-86(87(88,89)90)84-56-80(76-50-70(62-34-18-6-19-35-62)44-71(51-76)63-36-20-7-21-37-63)78(74-46-66(58-26-10-2-11-27-58)42-67(47-74)59-28-12-3-13-29-59)54-82(84)83-55-79(75-48-68(60-30-14-4-15-31-60)43-69(49-75)61-32-16-5-17-33-61)81(57-85(83)86)77-52-72(64-38-22-8-23-39-64)45-73(53-77)65-40-24-9-25-41-65/h2-42,44,46-57,68,72H,43,45H2,1H3. The number of rotatable bonds is 12. The molecule has 0 N–H and O–H groups in total. The third-order valence-corrected chi connectivity index (χ3v) is 18.8. The zero-order valence-electron chi connectivity index (χ0n) is 49.9. The number of fused-ring (bicyclic) bond motifs is 3. The van der Waals surface area contributed by atoms with Gasteiger partial charge in [0.05, 0.1) is 0 Å². The molecule has 0 amide bonds. The molecule has 0 aliphatic heterocycles. The van der Waals surface area contributed by atoms with E-state index < -0.39 is 11.6 Å². The van der Waals surface area contributed by atoms with E-state index in [-0.39, 0.29) is 23.0 Å². The fourth-order valence-corrected chi connectivity index (χ4v) is 14.1. The Labute approximate surface area is 525 Å². The summed E-state index contributed by atoms with van der Waals surface area (Å²) in [4.78, 5) is 0. The van der Waals surface area contributed by atoms with Gasteiger partial charge in [0.25, 0.3) is 0 Å². The minimum Gasteiger partial charge on any atom is -0.170 e. The molecule has 12 aromatic rings. The van der Waals surface area contributed by atoms with Crippen molar-refractivity contribution in [1.29, 1.82) is 0 Å². The predicted molar refractivity (Wildman–Crippen MR) is 369 cm³/mol. The maximum absolute atomic E-state index is 17.5. The highest BCUT2D eigenvalue weighted by atomic mass is 19.4. The number of hydrogen-bond acceptors (Lipinski definition) is 0. The van der Waals surface area contributed by atoms with Crippen LogP contribution in [0.15, 0.2) is 328 Å². The van der Waals surface area contributed by atoms with Crippen molar-refractivity contribution in [3.8, 4) is 77.9 Å². The molecule has 0 bridgehead atoms. The van der Waals surface area contributed by atoms with Gasteiger partial charge in [-0.2, -0.15) is 13.2 Å². The number of halogens is 3. The van der Waals surface area contributed by atoms with E-state index in [0.29, 0.717) is 16.7 Å². The number of benzene rings is 12. The van der Waals surface area contributed by atoms with Gasteiger partial charge in [-0.1, -0.05) is 267 Å². The predicted octanol–water partition coefficient (Wildman–Crippen LogP) is 23.8. The molecule has 3 unspecified atom stereocenters. The molecule has 3 heteroatoms. The van der Waals surface area contributed by atoms with Crippen LogP contribution in [0.1, 0.15) is 76.1 Å². The Kier molecular flexibility index (Phi) is 14.6. The first-order valence-electron chi connectivity index (χ1n) is 31.1. The second-order valence-corrected chi connectivity index (χ2v) is 24.3. The van der Waals surface area contributed by atoms with Crippen LogP contribution in [-0.4, -0.2) is 6.18 Å². The molecular weight excluding hydrogens is 1100 g/mol. The van der Waals surface area contributed by atoms with Crippen molar-refractivity contribution >= 4 is 22.3 Å². The van der Waals surface area contributed by atoms with E-state index in [1.54, 1.807) is 0 Å². The van der Waals surface area contributed by atoms with E-state index in [9.17, 15) is 0 Å². The van der Waals surface area contributed by atoms with E-state index in [1.807, 2.05) is 78.9 Å². The highest BCUT2D eigenvalue weighted by Gasteiger charge is 2.58. The summed E-state index contributed by atoms with van der Waals surface area (Å²) in [6.07, 6.45) is 5.99. The third kappa shape index (κ3) is 10.6. The molecule has 0 heterocycles. The molecule has 0 spiro atoms. The van der Waals surface area contributed by atoms with Crippen LogP contribution in [0.4, 0.5) is 13.2 Å². The van der Waals surface area contributed by atoms with Crippen LogP contribution >= 0.6 is 0 Å². The van der Waals surface area contributed by atoms with Crippen LogP contribution in [0.25, 0.3) is 100 Å². The van der Waals surface area contributed by atoms with E-state index in [1.165, 1.54) is 18.1 Å². The largest absolute Gasteiger partial charge is 0.402 e. The van der Waals surface area contributed by atoms with Crippen molar-refractivity contribution in [1.82, 2.24) is 0 Å². The lowest BCUT2D eigenvalue weighted by Gasteiger charge is -2.32. The molecule has 0 nitrogen and oxygen atoms in total. The second kappa shape index (κ2) is 23.5. The molecular formula is C87H63F3. The third-order valence-electron chi connectivity index (χ3n) is 18.8. The summed E-state index contributed by atoms with van der Waals surface area (Å²) in [7, 11) is 0. The normalized spacial score (nSPS) is 16.9. The van der Waals surface area contributed by atoms with Crippen LogP contribution in [0.5, 0.6) is 0 Å². The zero-order chi connectivity index (χ0) is 60.8. The first-order chi connectivity index (χ1) is 44.1. The first kappa shape index (κ1) is 55.9. The summed E-state index contributed by atoms with van der Waals surface area (Å²) < 4.78 is 52.6. The molecule has 12 aromatic carbocycles. The van der Waals surface area contributed by atoms with Crippen LogP contribution in [0.3, 0.4) is 0 Å². The summed E-state index contributed by atoms with van der Waals surface area (Å²) in [5.41, 5.74) is 20.8. The van der Waals surface area contributed by atoms with Gasteiger partial charge in [0.1, 0.15) is 5.41 Å². The summed E-state index contributed by atoms with van der Waals surface area (Å²) >= 11 is 0. The van der Waals surface area contributed by atoms with Gasteiger partial charge in [0.15, 0.2) is 0 Å². The summed E-state index contributed by atoms with van der Waals surface area (Å²) in [6.45, 7) is 1.43. The van der Waals surface area contributed by atoms with Gasteiger partial charge < -0.3 is 0 Å². The van der Waals surface area contributed by atoms with Crippen molar-refractivity contribution in [3.05, 3.63) is 372 Å². The molecule has 3 aliphatic carbocycles. The molecule has 90 heavy (non-hydrogen) atoms. The van der Waals surface area contributed by atoms with Crippen molar-refractivity contribution in [2.75, 3.05) is 0 Å². The molecule has 3 aliphatic rings. The van der Waals surface area contributed by atoms with Crippen LogP contribution in [0, 0.1) is 0 Å². The molecule has 0 saturated carbocycles. The number of hydrogen-bond donors (Lipinski definition) is 0. The lowest BCUT2D eigenvalue weighted by molar-refractivity contribution is -0.172. The molecule has 0 radical (unpaired) electrons. The van der Waals surface area contributed by atoms with E-state index in [4.69, 9.17) is 0 Å². The van der Waals surface area contributed by atoms with Gasteiger partial charge in [-0.05, 0) is 225 Å². The fourth-order valence-electron chi connectivity index (χ4n) is 14.1.